The molecule has 6 heteroatoms. The number of nitrogens with zero attached hydrogens (tertiary/aromatic N) is 4. The SMILES string of the molecule is Cc1nc(-c2ccccc2)ccc1N1c2ccc(N3c4ccccc4Oc4ccccc43)cc2C(C)(C)c2cc(N3c4ccccc4Oc4ccccc43)ccc21. The fourth-order valence-electron chi connectivity index (χ4n) is 8.78. The maximum absolute atomic E-state index is 6.41. The molecular weight excluding hydrogens is 701 g/mol. The van der Waals surface area contributed by atoms with E-state index in [0.29, 0.717) is 0 Å². The van der Waals surface area contributed by atoms with Crippen LogP contribution >= 0.6 is 0 Å². The Bertz CT molecular complexity index is 2640. The molecule has 0 bridgehead atoms. The van der Waals surface area contributed by atoms with E-state index in [2.05, 4.69) is 157 Å². The topological polar surface area (TPSA) is 41.1 Å². The van der Waals surface area contributed by atoms with Gasteiger partial charge in [-0.3, -0.25) is 4.98 Å². The summed E-state index contributed by atoms with van der Waals surface area (Å²) in [6.07, 6.45) is 0. The van der Waals surface area contributed by atoms with Crippen LogP contribution in [0.3, 0.4) is 0 Å². The molecule has 0 atom stereocenters. The third-order valence-electron chi connectivity index (χ3n) is 11.5. The Hall–Kier alpha value is -7.31. The number of pyridine rings is 1. The van der Waals surface area contributed by atoms with E-state index in [0.717, 1.165) is 91.1 Å². The molecule has 0 unspecified atom stereocenters. The summed E-state index contributed by atoms with van der Waals surface area (Å²) in [5.74, 6) is 3.32. The minimum atomic E-state index is -0.408. The van der Waals surface area contributed by atoms with E-state index in [1.54, 1.807) is 0 Å². The highest BCUT2D eigenvalue weighted by atomic mass is 16.5. The number of aryl methyl sites for hydroxylation is 1. The number of hydrogen-bond donors (Lipinski definition) is 0. The summed E-state index contributed by atoms with van der Waals surface area (Å²) in [4.78, 5) is 12.2. The second-order valence-electron chi connectivity index (χ2n) is 15.3. The molecule has 8 aromatic rings. The van der Waals surface area contributed by atoms with Crippen molar-refractivity contribution in [2.45, 2.75) is 26.2 Å². The van der Waals surface area contributed by atoms with Crippen molar-refractivity contribution in [1.82, 2.24) is 4.98 Å². The average molecular weight is 739 g/mol. The molecule has 11 rings (SSSR count). The van der Waals surface area contributed by atoms with Gasteiger partial charge >= 0.3 is 0 Å². The molecule has 3 aliphatic rings. The number of rotatable bonds is 4. The number of hydrogen-bond acceptors (Lipinski definition) is 6. The van der Waals surface area contributed by atoms with Crippen LogP contribution in [0.2, 0.25) is 0 Å². The summed E-state index contributed by atoms with van der Waals surface area (Å²) in [5, 5.41) is 0. The van der Waals surface area contributed by atoms with E-state index < -0.39 is 5.41 Å². The summed E-state index contributed by atoms with van der Waals surface area (Å²) in [6.45, 7) is 6.82. The Morgan fingerprint density at radius 3 is 1.25 bits per heavy atom. The minimum absolute atomic E-state index is 0.408. The lowest BCUT2D eigenvalue weighted by Gasteiger charge is -2.44. The van der Waals surface area contributed by atoms with Crippen molar-refractivity contribution in [2.75, 3.05) is 14.7 Å². The molecule has 274 valence electrons. The minimum Gasteiger partial charge on any atom is -0.453 e. The van der Waals surface area contributed by atoms with Crippen molar-refractivity contribution >= 4 is 51.2 Å². The molecule has 0 aliphatic carbocycles. The van der Waals surface area contributed by atoms with Crippen LogP contribution in [-0.2, 0) is 5.41 Å². The van der Waals surface area contributed by atoms with Crippen LogP contribution in [0.1, 0.15) is 30.7 Å². The molecule has 1 aromatic heterocycles. The molecule has 3 aliphatic heterocycles. The molecule has 0 radical (unpaired) electrons. The highest BCUT2D eigenvalue weighted by Crippen LogP contribution is 2.58. The summed E-state index contributed by atoms with van der Waals surface area (Å²) in [7, 11) is 0. The van der Waals surface area contributed by atoms with Gasteiger partial charge in [0.2, 0.25) is 0 Å². The van der Waals surface area contributed by atoms with Gasteiger partial charge in [-0.25, -0.2) is 0 Å². The summed E-state index contributed by atoms with van der Waals surface area (Å²) in [5.41, 5.74) is 14.4. The van der Waals surface area contributed by atoms with Gasteiger partial charge in [0.05, 0.1) is 51.2 Å². The van der Waals surface area contributed by atoms with Crippen molar-refractivity contribution < 1.29 is 9.47 Å². The van der Waals surface area contributed by atoms with Crippen LogP contribution in [0, 0.1) is 6.92 Å². The van der Waals surface area contributed by atoms with Crippen LogP contribution < -0.4 is 24.2 Å². The summed E-state index contributed by atoms with van der Waals surface area (Å²) in [6, 6.07) is 61.6. The van der Waals surface area contributed by atoms with Crippen molar-refractivity contribution in [2.24, 2.45) is 0 Å². The summed E-state index contributed by atoms with van der Waals surface area (Å²) < 4.78 is 12.8. The maximum atomic E-state index is 6.41. The predicted octanol–water partition coefficient (Wildman–Crippen LogP) is 14.3. The molecule has 0 fully saturated rings. The first-order chi connectivity index (χ1) is 27.9. The molecule has 7 aromatic carbocycles. The first-order valence-electron chi connectivity index (χ1n) is 19.4. The molecule has 4 heterocycles. The highest BCUT2D eigenvalue weighted by Gasteiger charge is 2.40. The smallest absolute Gasteiger partial charge is 0.151 e. The predicted molar refractivity (Wildman–Crippen MR) is 231 cm³/mol. The average Bonchev–Trinajstić information content (AvgIpc) is 3.25. The third-order valence-corrected chi connectivity index (χ3v) is 11.5. The fraction of sp³-hybridized carbons (Fsp3) is 0.0784. The van der Waals surface area contributed by atoms with Gasteiger partial charge in [0.15, 0.2) is 23.0 Å². The number of ether oxygens (including phenoxy) is 2. The van der Waals surface area contributed by atoms with E-state index >= 15 is 0 Å². The van der Waals surface area contributed by atoms with Crippen molar-refractivity contribution in [3.8, 4) is 34.3 Å². The van der Waals surface area contributed by atoms with Gasteiger partial charge in [-0.15, -0.1) is 0 Å². The lowest BCUT2D eigenvalue weighted by atomic mass is 9.73. The monoisotopic (exact) mass is 738 g/mol. The zero-order chi connectivity index (χ0) is 38.3. The number of anilines is 9. The second-order valence-corrected chi connectivity index (χ2v) is 15.3. The van der Waals surface area contributed by atoms with Crippen LogP contribution in [0.15, 0.2) is 176 Å². The van der Waals surface area contributed by atoms with Crippen LogP contribution in [0.25, 0.3) is 11.3 Å². The first-order valence-corrected chi connectivity index (χ1v) is 19.4. The van der Waals surface area contributed by atoms with Gasteiger partial charge in [0, 0.05) is 22.4 Å². The normalized spacial score (nSPS) is 14.2. The molecule has 57 heavy (non-hydrogen) atoms. The van der Waals surface area contributed by atoms with E-state index in [1.165, 1.54) is 11.1 Å². The third kappa shape index (κ3) is 5.14. The van der Waals surface area contributed by atoms with Crippen LogP contribution in [0.5, 0.6) is 23.0 Å². The van der Waals surface area contributed by atoms with Gasteiger partial charge in [0.1, 0.15) is 0 Å². The van der Waals surface area contributed by atoms with Crippen LogP contribution in [-0.4, -0.2) is 4.98 Å². The largest absolute Gasteiger partial charge is 0.453 e. The van der Waals surface area contributed by atoms with Gasteiger partial charge < -0.3 is 24.2 Å². The molecule has 6 nitrogen and oxygen atoms in total. The molecule has 0 saturated carbocycles. The lowest BCUT2D eigenvalue weighted by Crippen LogP contribution is -2.32. The zero-order valence-corrected chi connectivity index (χ0v) is 31.8. The number of para-hydroxylation sites is 8. The standard InChI is InChI=1S/C51H38N4O2/c1-33-40(30-27-39(52-33)34-15-5-4-6-16-34)55-41-28-25-35(53-43-17-7-11-21-47(43)56-48-22-12-8-18-44(48)53)31-37(41)51(2,3)38-32-36(26-29-42(38)55)54-45-19-9-13-23-49(45)57-50-24-14-10-20-46(50)54/h4-32H,1-3H3. The van der Waals surface area contributed by atoms with Crippen LogP contribution in [0.4, 0.5) is 51.2 Å². The maximum Gasteiger partial charge on any atom is 0.151 e. The lowest BCUT2D eigenvalue weighted by molar-refractivity contribution is 0.477. The van der Waals surface area contributed by atoms with Gasteiger partial charge in [-0.1, -0.05) is 92.7 Å². The van der Waals surface area contributed by atoms with E-state index in [-0.39, 0.29) is 0 Å². The Balaban J connectivity index is 1.12. The molecule has 0 N–H and O–H groups in total. The second kappa shape index (κ2) is 12.6. The van der Waals surface area contributed by atoms with Crippen molar-refractivity contribution in [3.63, 3.8) is 0 Å². The molecule has 0 spiro atoms. The van der Waals surface area contributed by atoms with Gasteiger partial charge in [-0.2, -0.15) is 0 Å². The van der Waals surface area contributed by atoms with Gasteiger partial charge in [0.25, 0.3) is 0 Å². The fourth-order valence-corrected chi connectivity index (χ4v) is 8.78. The first kappa shape index (κ1) is 33.1. The van der Waals surface area contributed by atoms with E-state index in [9.17, 15) is 0 Å². The Morgan fingerprint density at radius 1 is 0.404 bits per heavy atom. The number of benzene rings is 7. The summed E-state index contributed by atoms with van der Waals surface area (Å²) >= 11 is 0. The Labute approximate surface area is 332 Å². The Kier molecular flexibility index (Phi) is 7.32. The molecule has 0 amide bonds. The van der Waals surface area contributed by atoms with Crippen molar-refractivity contribution in [3.05, 3.63) is 193 Å². The quantitative estimate of drug-likeness (QED) is 0.179. The Morgan fingerprint density at radius 2 is 0.807 bits per heavy atom. The molecule has 0 saturated heterocycles. The number of fused-ring (bicyclic) bond motifs is 6. The number of aromatic nitrogens is 1. The highest BCUT2D eigenvalue weighted by molar-refractivity contribution is 5.94. The van der Waals surface area contributed by atoms with E-state index in [4.69, 9.17) is 14.5 Å². The van der Waals surface area contributed by atoms with Crippen molar-refractivity contribution in [1.29, 1.82) is 0 Å². The van der Waals surface area contributed by atoms with E-state index in [1.807, 2.05) is 54.6 Å². The zero-order valence-electron chi connectivity index (χ0n) is 31.8. The van der Waals surface area contributed by atoms with Gasteiger partial charge in [-0.05, 0) is 115 Å². The molecular formula is C51H38N4O2.